The number of hydrogen-bond acceptors (Lipinski definition) is 5. The minimum atomic E-state index is -0.245. The number of aromatic nitrogens is 1. The zero-order chi connectivity index (χ0) is 19.9. The van der Waals surface area contributed by atoms with Gasteiger partial charge in [0.25, 0.3) is 5.91 Å². The molecule has 0 spiro atoms. The number of carbonyl (C=O) groups excluding carboxylic acids is 1. The third-order valence-corrected chi connectivity index (χ3v) is 4.26. The van der Waals surface area contributed by atoms with Gasteiger partial charge in [-0.2, -0.15) is 0 Å². The van der Waals surface area contributed by atoms with Crippen LogP contribution >= 0.6 is 0 Å². The highest BCUT2D eigenvalue weighted by atomic mass is 16.5. The van der Waals surface area contributed by atoms with Gasteiger partial charge in [0.15, 0.2) is 0 Å². The molecule has 0 radical (unpaired) electrons. The van der Waals surface area contributed by atoms with Crippen molar-refractivity contribution in [1.29, 1.82) is 0 Å². The first-order valence-corrected chi connectivity index (χ1v) is 8.88. The summed E-state index contributed by atoms with van der Waals surface area (Å²) in [6.45, 7) is 2.38. The van der Waals surface area contributed by atoms with Crippen LogP contribution in [0.5, 0.6) is 11.5 Å². The number of ether oxygens (including phenoxy) is 2. The fourth-order valence-corrected chi connectivity index (χ4v) is 2.79. The molecule has 1 aromatic heterocycles. The molecule has 28 heavy (non-hydrogen) atoms. The van der Waals surface area contributed by atoms with Crippen LogP contribution in [-0.4, -0.2) is 25.1 Å². The molecule has 0 aliphatic rings. The van der Waals surface area contributed by atoms with Crippen LogP contribution in [0.25, 0.3) is 0 Å². The summed E-state index contributed by atoms with van der Waals surface area (Å²) < 4.78 is 10.7. The number of amides is 1. The van der Waals surface area contributed by atoms with Crippen LogP contribution in [0.1, 0.15) is 21.6 Å². The van der Waals surface area contributed by atoms with Gasteiger partial charge in [-0.15, -0.1) is 0 Å². The van der Waals surface area contributed by atoms with E-state index in [-0.39, 0.29) is 5.91 Å². The third-order valence-electron chi connectivity index (χ3n) is 4.26. The molecule has 0 unspecified atom stereocenters. The van der Waals surface area contributed by atoms with Crippen LogP contribution in [-0.2, 0) is 6.54 Å². The number of pyridine rings is 1. The predicted octanol–water partition coefficient (Wildman–Crippen LogP) is 4.08. The molecular weight excluding hydrogens is 354 g/mol. The van der Waals surface area contributed by atoms with E-state index in [0.29, 0.717) is 12.2 Å². The van der Waals surface area contributed by atoms with Crippen LogP contribution in [0.2, 0.25) is 0 Å². The summed E-state index contributed by atoms with van der Waals surface area (Å²) in [5, 5.41) is 6.13. The van der Waals surface area contributed by atoms with Gasteiger partial charge in [0.1, 0.15) is 17.2 Å². The van der Waals surface area contributed by atoms with Gasteiger partial charge in [-0.3, -0.25) is 4.79 Å². The number of anilines is 2. The second-order valence-electron chi connectivity index (χ2n) is 6.26. The van der Waals surface area contributed by atoms with Gasteiger partial charge in [-0.1, -0.05) is 24.3 Å². The van der Waals surface area contributed by atoms with E-state index in [1.807, 2.05) is 55.5 Å². The lowest BCUT2D eigenvalue weighted by molar-refractivity contribution is 0.0945. The number of para-hydroxylation sites is 1. The minimum Gasteiger partial charge on any atom is -0.496 e. The normalized spacial score (nSPS) is 10.2. The minimum absolute atomic E-state index is 0.245. The number of nitrogens with one attached hydrogen (secondary N) is 2. The molecule has 1 heterocycles. The molecule has 2 aromatic carbocycles. The van der Waals surface area contributed by atoms with Gasteiger partial charge in [-0.05, 0) is 42.8 Å². The molecule has 3 aromatic rings. The number of methoxy groups -OCH3 is 2. The molecule has 144 valence electrons. The van der Waals surface area contributed by atoms with Crippen molar-refractivity contribution in [3.63, 3.8) is 0 Å². The number of benzene rings is 2. The molecule has 0 atom stereocenters. The second-order valence-corrected chi connectivity index (χ2v) is 6.26. The summed E-state index contributed by atoms with van der Waals surface area (Å²) in [5.41, 5.74) is 3.98. The van der Waals surface area contributed by atoms with E-state index >= 15 is 0 Å². The van der Waals surface area contributed by atoms with E-state index in [0.717, 1.165) is 34.0 Å². The first-order valence-electron chi connectivity index (χ1n) is 8.88. The lowest BCUT2D eigenvalue weighted by Crippen LogP contribution is -2.24. The maximum atomic E-state index is 12.4. The van der Waals surface area contributed by atoms with Crippen molar-refractivity contribution in [3.05, 3.63) is 77.6 Å². The van der Waals surface area contributed by atoms with E-state index in [2.05, 4.69) is 15.6 Å². The SMILES string of the molecule is COc1ccccc1CNC(=O)c1ccc(Nc2cc(C)ccc2OC)cn1. The average Bonchev–Trinajstić information content (AvgIpc) is 2.73. The van der Waals surface area contributed by atoms with Crippen molar-refractivity contribution >= 4 is 17.3 Å². The molecule has 6 heteroatoms. The molecule has 0 bridgehead atoms. The quantitative estimate of drug-likeness (QED) is 0.649. The Hall–Kier alpha value is -3.54. The predicted molar refractivity (Wildman–Crippen MR) is 109 cm³/mol. The van der Waals surface area contributed by atoms with E-state index in [9.17, 15) is 4.79 Å². The van der Waals surface area contributed by atoms with Crippen LogP contribution in [0.15, 0.2) is 60.8 Å². The molecular formula is C22H23N3O3. The molecule has 6 nitrogen and oxygen atoms in total. The summed E-state index contributed by atoms with van der Waals surface area (Å²) in [6, 6.07) is 16.9. The number of hydrogen-bond donors (Lipinski definition) is 2. The Labute approximate surface area is 164 Å². The summed E-state index contributed by atoms with van der Waals surface area (Å²) in [5.74, 6) is 1.23. The number of rotatable bonds is 7. The van der Waals surface area contributed by atoms with Crippen molar-refractivity contribution in [1.82, 2.24) is 10.3 Å². The standard InChI is InChI=1S/C22H23N3O3/c1-15-8-11-21(28-3)19(12-15)25-17-9-10-18(23-14-17)22(26)24-13-16-6-4-5-7-20(16)27-2/h4-12,14,25H,13H2,1-3H3,(H,24,26). The highest BCUT2D eigenvalue weighted by Gasteiger charge is 2.10. The second kappa shape index (κ2) is 8.90. The van der Waals surface area contributed by atoms with Gasteiger partial charge in [-0.25, -0.2) is 4.98 Å². The molecule has 1 amide bonds. The summed E-state index contributed by atoms with van der Waals surface area (Å²) in [7, 11) is 3.24. The maximum Gasteiger partial charge on any atom is 0.270 e. The Morgan fingerprint density at radius 2 is 1.79 bits per heavy atom. The van der Waals surface area contributed by atoms with Crippen LogP contribution < -0.4 is 20.1 Å². The summed E-state index contributed by atoms with van der Waals surface area (Å²) in [4.78, 5) is 16.6. The van der Waals surface area contributed by atoms with Crippen LogP contribution in [0, 0.1) is 6.92 Å². The monoisotopic (exact) mass is 377 g/mol. The van der Waals surface area contributed by atoms with E-state index in [1.165, 1.54) is 0 Å². The molecule has 0 aliphatic carbocycles. The highest BCUT2D eigenvalue weighted by molar-refractivity contribution is 5.92. The lowest BCUT2D eigenvalue weighted by Gasteiger charge is -2.12. The zero-order valence-electron chi connectivity index (χ0n) is 16.2. The first-order chi connectivity index (χ1) is 13.6. The zero-order valence-corrected chi connectivity index (χ0v) is 16.2. The van der Waals surface area contributed by atoms with Crippen molar-refractivity contribution in [2.45, 2.75) is 13.5 Å². The van der Waals surface area contributed by atoms with Gasteiger partial charge in [0.2, 0.25) is 0 Å². The fourth-order valence-electron chi connectivity index (χ4n) is 2.79. The van der Waals surface area contributed by atoms with Crippen molar-refractivity contribution in [2.24, 2.45) is 0 Å². The average molecular weight is 377 g/mol. The Balaban J connectivity index is 1.65. The molecule has 3 rings (SSSR count). The Bertz CT molecular complexity index is 955. The Morgan fingerprint density at radius 3 is 2.50 bits per heavy atom. The Kier molecular flexibility index (Phi) is 6.11. The molecule has 0 fully saturated rings. The van der Waals surface area contributed by atoms with Crippen LogP contribution in [0.3, 0.4) is 0 Å². The van der Waals surface area contributed by atoms with Crippen molar-refractivity contribution < 1.29 is 14.3 Å². The van der Waals surface area contributed by atoms with Crippen molar-refractivity contribution in [2.75, 3.05) is 19.5 Å². The highest BCUT2D eigenvalue weighted by Crippen LogP contribution is 2.28. The smallest absolute Gasteiger partial charge is 0.270 e. The van der Waals surface area contributed by atoms with Gasteiger partial charge >= 0.3 is 0 Å². The van der Waals surface area contributed by atoms with E-state index in [4.69, 9.17) is 9.47 Å². The Morgan fingerprint density at radius 1 is 1.00 bits per heavy atom. The van der Waals surface area contributed by atoms with E-state index in [1.54, 1.807) is 26.5 Å². The molecule has 2 N–H and O–H groups in total. The lowest BCUT2D eigenvalue weighted by atomic mass is 10.2. The van der Waals surface area contributed by atoms with E-state index < -0.39 is 0 Å². The first kappa shape index (κ1) is 19.2. The summed E-state index contributed by atoms with van der Waals surface area (Å²) >= 11 is 0. The largest absolute Gasteiger partial charge is 0.496 e. The number of carbonyl (C=O) groups is 1. The fraction of sp³-hybridized carbons (Fsp3) is 0.182. The molecule has 0 aliphatic heterocycles. The van der Waals surface area contributed by atoms with Gasteiger partial charge in [0, 0.05) is 12.1 Å². The summed E-state index contributed by atoms with van der Waals surface area (Å²) in [6.07, 6.45) is 1.62. The number of aryl methyl sites for hydroxylation is 1. The molecule has 0 saturated carbocycles. The third kappa shape index (κ3) is 4.59. The number of nitrogens with zero attached hydrogens (tertiary/aromatic N) is 1. The maximum absolute atomic E-state index is 12.4. The topological polar surface area (TPSA) is 72.5 Å². The van der Waals surface area contributed by atoms with Gasteiger partial charge in [0.05, 0.1) is 31.8 Å². The van der Waals surface area contributed by atoms with Crippen LogP contribution in [0.4, 0.5) is 11.4 Å². The van der Waals surface area contributed by atoms with Crippen molar-refractivity contribution in [3.8, 4) is 11.5 Å². The molecule has 0 saturated heterocycles. The van der Waals surface area contributed by atoms with Gasteiger partial charge < -0.3 is 20.1 Å².